The quantitative estimate of drug-likeness (QED) is 0.552. The molecule has 2 aromatic rings. The van der Waals surface area contributed by atoms with Gasteiger partial charge < -0.3 is 25.2 Å². The second kappa shape index (κ2) is 10.5. The Morgan fingerprint density at radius 3 is 2.39 bits per heavy atom. The fourth-order valence-corrected chi connectivity index (χ4v) is 4.28. The van der Waals surface area contributed by atoms with Gasteiger partial charge in [-0.2, -0.15) is 0 Å². The molecule has 1 atom stereocenters. The molecule has 6 heteroatoms. The van der Waals surface area contributed by atoms with Crippen LogP contribution in [-0.2, 0) is 11.3 Å². The third kappa shape index (κ3) is 5.70. The molecule has 0 radical (unpaired) electrons. The zero-order valence-electron chi connectivity index (χ0n) is 18.8. The number of hydrogen-bond donors (Lipinski definition) is 2. The predicted octanol–water partition coefficient (Wildman–Crippen LogP) is 3.55. The Morgan fingerprint density at radius 2 is 1.68 bits per heavy atom. The lowest BCUT2D eigenvalue weighted by Gasteiger charge is -2.29. The van der Waals surface area contributed by atoms with Crippen LogP contribution in [0.1, 0.15) is 36.9 Å². The number of nitrogens with zero attached hydrogens (tertiary/aromatic N) is 3. The van der Waals surface area contributed by atoms with Crippen LogP contribution in [0.4, 0.5) is 11.4 Å². The molecule has 6 nitrogen and oxygen atoms in total. The summed E-state index contributed by atoms with van der Waals surface area (Å²) < 4.78 is 5.44. The first-order valence-corrected chi connectivity index (χ1v) is 11.5. The van der Waals surface area contributed by atoms with Crippen molar-refractivity contribution in [2.24, 2.45) is 4.99 Å². The van der Waals surface area contributed by atoms with Gasteiger partial charge in [-0.3, -0.25) is 4.99 Å². The van der Waals surface area contributed by atoms with E-state index < -0.39 is 0 Å². The number of hydrogen-bond acceptors (Lipinski definition) is 4. The number of benzene rings is 2. The number of guanidine groups is 1. The molecule has 0 saturated carbocycles. The van der Waals surface area contributed by atoms with Gasteiger partial charge in [-0.1, -0.05) is 24.3 Å². The Labute approximate surface area is 186 Å². The maximum atomic E-state index is 5.44. The second-order valence-corrected chi connectivity index (χ2v) is 8.35. The summed E-state index contributed by atoms with van der Waals surface area (Å²) in [5.74, 6) is 0.816. The number of aliphatic imine (C=N–C) groups is 1. The van der Waals surface area contributed by atoms with Gasteiger partial charge in [0.25, 0.3) is 0 Å². The molecule has 166 valence electrons. The van der Waals surface area contributed by atoms with Gasteiger partial charge in [0.1, 0.15) is 0 Å². The topological polar surface area (TPSA) is 52.1 Å². The van der Waals surface area contributed by atoms with Gasteiger partial charge in [0, 0.05) is 51.1 Å². The lowest BCUT2D eigenvalue weighted by atomic mass is 10.1. The van der Waals surface area contributed by atoms with Crippen LogP contribution in [0.25, 0.3) is 0 Å². The first-order valence-electron chi connectivity index (χ1n) is 11.5. The number of morpholine rings is 1. The van der Waals surface area contributed by atoms with Crippen molar-refractivity contribution in [3.8, 4) is 0 Å². The maximum Gasteiger partial charge on any atom is 0.191 e. The van der Waals surface area contributed by atoms with Crippen molar-refractivity contribution >= 4 is 17.3 Å². The van der Waals surface area contributed by atoms with Crippen molar-refractivity contribution in [1.82, 2.24) is 10.6 Å². The van der Waals surface area contributed by atoms with Crippen molar-refractivity contribution in [2.45, 2.75) is 32.4 Å². The summed E-state index contributed by atoms with van der Waals surface area (Å²) in [7, 11) is 1.82. The van der Waals surface area contributed by atoms with E-state index in [-0.39, 0.29) is 6.04 Å². The summed E-state index contributed by atoms with van der Waals surface area (Å²) in [5.41, 5.74) is 5.11. The van der Waals surface area contributed by atoms with E-state index in [0.29, 0.717) is 0 Å². The molecule has 0 bridgehead atoms. The van der Waals surface area contributed by atoms with E-state index in [2.05, 4.69) is 80.9 Å². The molecule has 0 aliphatic carbocycles. The molecule has 2 saturated heterocycles. The van der Waals surface area contributed by atoms with Crippen molar-refractivity contribution in [3.05, 3.63) is 59.7 Å². The summed E-state index contributed by atoms with van der Waals surface area (Å²) in [6.45, 7) is 8.80. The van der Waals surface area contributed by atoms with Crippen LogP contribution in [0.2, 0.25) is 0 Å². The monoisotopic (exact) mass is 421 g/mol. The van der Waals surface area contributed by atoms with Gasteiger partial charge in [0.2, 0.25) is 0 Å². The zero-order valence-corrected chi connectivity index (χ0v) is 18.8. The highest BCUT2D eigenvalue weighted by Gasteiger charge is 2.15. The Kier molecular flexibility index (Phi) is 7.30. The third-order valence-electron chi connectivity index (χ3n) is 6.19. The van der Waals surface area contributed by atoms with Crippen LogP contribution >= 0.6 is 0 Å². The molecule has 0 aromatic heterocycles. The van der Waals surface area contributed by atoms with Gasteiger partial charge >= 0.3 is 0 Å². The number of anilines is 2. The zero-order chi connectivity index (χ0) is 21.5. The van der Waals surface area contributed by atoms with Crippen LogP contribution < -0.4 is 20.4 Å². The third-order valence-corrected chi connectivity index (χ3v) is 6.19. The van der Waals surface area contributed by atoms with Crippen LogP contribution in [0, 0.1) is 0 Å². The van der Waals surface area contributed by atoms with Crippen LogP contribution in [0.3, 0.4) is 0 Å². The molecule has 31 heavy (non-hydrogen) atoms. The van der Waals surface area contributed by atoms with E-state index >= 15 is 0 Å². The average molecular weight is 422 g/mol. The van der Waals surface area contributed by atoms with E-state index in [1.54, 1.807) is 0 Å². The van der Waals surface area contributed by atoms with Gasteiger partial charge in [-0.25, -0.2) is 0 Å². The highest BCUT2D eigenvalue weighted by molar-refractivity contribution is 5.80. The average Bonchev–Trinajstić information content (AvgIpc) is 3.38. The molecule has 2 aliphatic heterocycles. The normalized spacial score (nSPS) is 18.2. The van der Waals surface area contributed by atoms with E-state index in [1.807, 2.05) is 7.05 Å². The highest BCUT2D eigenvalue weighted by atomic mass is 16.5. The van der Waals surface area contributed by atoms with E-state index in [4.69, 9.17) is 4.74 Å². The van der Waals surface area contributed by atoms with Gasteiger partial charge in [-0.05, 0) is 55.2 Å². The number of nitrogens with one attached hydrogen (secondary N) is 2. The molecule has 0 spiro atoms. The highest BCUT2D eigenvalue weighted by Crippen LogP contribution is 2.24. The second-order valence-electron chi connectivity index (χ2n) is 8.35. The molecular formula is C25H35N5O. The standard InChI is InChI=1S/C25H35N5O/c1-20(22-6-5-7-24(18-22)29-12-3-4-13-29)28-25(26-2)27-19-21-8-10-23(11-9-21)30-14-16-31-17-15-30/h5-11,18,20H,3-4,12-17,19H2,1-2H3,(H2,26,27,28). The summed E-state index contributed by atoms with van der Waals surface area (Å²) >= 11 is 0. The molecular weight excluding hydrogens is 386 g/mol. The Morgan fingerprint density at radius 1 is 0.968 bits per heavy atom. The van der Waals surface area contributed by atoms with Crippen molar-refractivity contribution in [1.29, 1.82) is 0 Å². The Hall–Kier alpha value is -2.73. The van der Waals surface area contributed by atoms with Crippen molar-refractivity contribution in [3.63, 3.8) is 0 Å². The maximum absolute atomic E-state index is 5.44. The van der Waals surface area contributed by atoms with E-state index in [1.165, 1.54) is 48.4 Å². The predicted molar refractivity (Wildman–Crippen MR) is 129 cm³/mol. The first kappa shape index (κ1) is 21.5. The van der Waals surface area contributed by atoms with Crippen LogP contribution in [0.5, 0.6) is 0 Å². The molecule has 2 aliphatic rings. The minimum absolute atomic E-state index is 0.178. The largest absolute Gasteiger partial charge is 0.378 e. The molecule has 2 heterocycles. The molecule has 0 amide bonds. The minimum Gasteiger partial charge on any atom is -0.378 e. The molecule has 2 aromatic carbocycles. The Bertz CT molecular complexity index is 854. The van der Waals surface area contributed by atoms with Crippen molar-refractivity contribution in [2.75, 3.05) is 56.2 Å². The summed E-state index contributed by atoms with van der Waals surface area (Å²) in [6, 6.07) is 17.8. The SMILES string of the molecule is CN=C(NCc1ccc(N2CCOCC2)cc1)NC(C)c1cccc(N2CCCC2)c1. The molecule has 2 fully saturated rings. The summed E-state index contributed by atoms with van der Waals surface area (Å²) in [6.07, 6.45) is 2.59. The lowest BCUT2D eigenvalue weighted by molar-refractivity contribution is 0.122. The first-order chi connectivity index (χ1) is 15.2. The smallest absolute Gasteiger partial charge is 0.191 e. The fourth-order valence-electron chi connectivity index (χ4n) is 4.28. The molecule has 2 N–H and O–H groups in total. The van der Waals surface area contributed by atoms with Gasteiger partial charge in [0.15, 0.2) is 5.96 Å². The van der Waals surface area contributed by atoms with Crippen molar-refractivity contribution < 1.29 is 4.74 Å². The van der Waals surface area contributed by atoms with Crippen LogP contribution in [-0.4, -0.2) is 52.4 Å². The van der Waals surface area contributed by atoms with E-state index in [9.17, 15) is 0 Å². The number of ether oxygens (including phenoxy) is 1. The lowest BCUT2D eigenvalue weighted by Crippen LogP contribution is -2.38. The number of rotatable bonds is 6. The summed E-state index contributed by atoms with van der Waals surface area (Å²) in [5, 5.41) is 6.98. The Balaban J connectivity index is 1.30. The summed E-state index contributed by atoms with van der Waals surface area (Å²) in [4.78, 5) is 9.27. The fraction of sp³-hybridized carbons (Fsp3) is 0.480. The van der Waals surface area contributed by atoms with Gasteiger partial charge in [0.05, 0.1) is 19.3 Å². The molecule has 4 rings (SSSR count). The van der Waals surface area contributed by atoms with E-state index in [0.717, 1.165) is 38.8 Å². The van der Waals surface area contributed by atoms with Gasteiger partial charge in [-0.15, -0.1) is 0 Å². The molecule has 1 unspecified atom stereocenters. The minimum atomic E-state index is 0.178. The van der Waals surface area contributed by atoms with Crippen LogP contribution in [0.15, 0.2) is 53.5 Å².